The van der Waals surface area contributed by atoms with E-state index in [4.69, 9.17) is 0 Å². The van der Waals surface area contributed by atoms with Crippen LogP contribution < -0.4 is 10.6 Å². The summed E-state index contributed by atoms with van der Waals surface area (Å²) >= 11 is 0. The second kappa shape index (κ2) is 8.94. The van der Waals surface area contributed by atoms with E-state index < -0.39 is 0 Å². The first-order valence-electron chi connectivity index (χ1n) is 9.16. The highest BCUT2D eigenvalue weighted by Crippen LogP contribution is 2.19. The van der Waals surface area contributed by atoms with Crippen molar-refractivity contribution in [2.45, 2.75) is 20.3 Å². The van der Waals surface area contributed by atoms with Gasteiger partial charge in [-0.15, -0.1) is 10.2 Å². The van der Waals surface area contributed by atoms with Crippen LogP contribution in [0.3, 0.4) is 0 Å². The van der Waals surface area contributed by atoms with E-state index in [1.165, 1.54) is 0 Å². The Morgan fingerprint density at radius 2 is 1.78 bits per heavy atom. The molecule has 0 saturated heterocycles. The molecule has 0 spiro atoms. The van der Waals surface area contributed by atoms with Gasteiger partial charge in [-0.1, -0.05) is 50.2 Å². The van der Waals surface area contributed by atoms with Gasteiger partial charge in [-0.05, 0) is 42.7 Å². The maximum Gasteiger partial charge on any atom is 0.251 e. The zero-order chi connectivity index (χ0) is 19.1. The van der Waals surface area contributed by atoms with Crippen molar-refractivity contribution in [3.8, 4) is 11.3 Å². The Labute approximate surface area is 159 Å². The van der Waals surface area contributed by atoms with Gasteiger partial charge in [0.15, 0.2) is 5.82 Å². The number of hydrogen-bond acceptors (Lipinski definition) is 4. The average molecular weight is 360 g/mol. The van der Waals surface area contributed by atoms with Crippen LogP contribution in [0.4, 0.5) is 11.5 Å². The Hall–Kier alpha value is -3.21. The molecule has 0 saturated carbocycles. The van der Waals surface area contributed by atoms with Crippen LogP contribution in [0, 0.1) is 5.92 Å². The molecule has 5 heteroatoms. The molecule has 2 N–H and O–H groups in total. The first-order valence-corrected chi connectivity index (χ1v) is 9.16. The van der Waals surface area contributed by atoms with E-state index in [0.29, 0.717) is 23.8 Å². The average Bonchev–Trinajstić information content (AvgIpc) is 2.69. The van der Waals surface area contributed by atoms with E-state index >= 15 is 0 Å². The lowest BCUT2D eigenvalue weighted by Crippen LogP contribution is -2.25. The van der Waals surface area contributed by atoms with Crippen molar-refractivity contribution < 1.29 is 4.79 Å². The number of carbonyl (C=O) groups excluding carboxylic acids is 1. The Bertz CT molecular complexity index is 876. The van der Waals surface area contributed by atoms with Crippen LogP contribution in [0.5, 0.6) is 0 Å². The Morgan fingerprint density at radius 1 is 0.963 bits per heavy atom. The first-order chi connectivity index (χ1) is 13.1. The lowest BCUT2D eigenvalue weighted by molar-refractivity contribution is 0.0952. The molecule has 138 valence electrons. The highest BCUT2D eigenvalue weighted by atomic mass is 16.1. The summed E-state index contributed by atoms with van der Waals surface area (Å²) < 4.78 is 0. The molecule has 0 aliphatic heterocycles. The predicted octanol–water partition coefficient (Wildman–Crippen LogP) is 4.66. The third-order valence-electron chi connectivity index (χ3n) is 4.14. The van der Waals surface area contributed by atoms with Crippen LogP contribution >= 0.6 is 0 Å². The molecular formula is C22H24N4O. The van der Waals surface area contributed by atoms with Gasteiger partial charge in [0.1, 0.15) is 0 Å². The number of nitrogens with zero attached hydrogens (tertiary/aromatic N) is 2. The molecule has 5 nitrogen and oxygen atoms in total. The van der Waals surface area contributed by atoms with E-state index in [2.05, 4.69) is 34.7 Å². The smallest absolute Gasteiger partial charge is 0.251 e. The zero-order valence-corrected chi connectivity index (χ0v) is 15.6. The number of hydrogen-bond donors (Lipinski definition) is 2. The molecule has 1 heterocycles. The van der Waals surface area contributed by atoms with Crippen LogP contribution in [0.25, 0.3) is 11.3 Å². The number of aromatic nitrogens is 2. The van der Waals surface area contributed by atoms with Gasteiger partial charge in [-0.2, -0.15) is 0 Å². The predicted molar refractivity (Wildman–Crippen MR) is 109 cm³/mol. The summed E-state index contributed by atoms with van der Waals surface area (Å²) in [4.78, 5) is 12.3. The summed E-state index contributed by atoms with van der Waals surface area (Å²) in [5.74, 6) is 1.13. The van der Waals surface area contributed by atoms with Crippen LogP contribution in [0.1, 0.15) is 30.6 Å². The number of nitrogens with one attached hydrogen (secondary N) is 2. The molecule has 0 atom stereocenters. The lowest BCUT2D eigenvalue weighted by Gasteiger charge is -2.09. The first kappa shape index (κ1) is 18.6. The van der Waals surface area contributed by atoms with Gasteiger partial charge < -0.3 is 10.6 Å². The van der Waals surface area contributed by atoms with Gasteiger partial charge in [0, 0.05) is 23.4 Å². The van der Waals surface area contributed by atoms with Gasteiger partial charge in [-0.25, -0.2) is 0 Å². The van der Waals surface area contributed by atoms with E-state index in [1.54, 1.807) is 6.07 Å². The Balaban J connectivity index is 1.65. The van der Waals surface area contributed by atoms with Crippen molar-refractivity contribution in [3.05, 3.63) is 72.3 Å². The molecule has 1 aromatic heterocycles. The highest BCUT2D eigenvalue weighted by molar-refractivity contribution is 5.95. The molecular weight excluding hydrogens is 336 g/mol. The summed E-state index contributed by atoms with van der Waals surface area (Å²) in [5.41, 5.74) is 3.27. The van der Waals surface area contributed by atoms with Crippen LogP contribution in [0.2, 0.25) is 0 Å². The summed E-state index contributed by atoms with van der Waals surface area (Å²) in [6.07, 6.45) is 0.965. The van der Waals surface area contributed by atoms with Crippen molar-refractivity contribution in [2.75, 3.05) is 11.9 Å². The van der Waals surface area contributed by atoms with E-state index in [9.17, 15) is 4.79 Å². The fourth-order valence-electron chi connectivity index (χ4n) is 2.62. The molecule has 27 heavy (non-hydrogen) atoms. The van der Waals surface area contributed by atoms with Gasteiger partial charge in [0.05, 0.1) is 5.69 Å². The number of anilines is 2. The molecule has 0 radical (unpaired) electrons. The molecule has 2 aromatic carbocycles. The summed E-state index contributed by atoms with van der Waals surface area (Å²) in [5, 5.41) is 14.7. The van der Waals surface area contributed by atoms with Crippen molar-refractivity contribution in [3.63, 3.8) is 0 Å². The van der Waals surface area contributed by atoms with Crippen molar-refractivity contribution in [1.82, 2.24) is 15.5 Å². The molecule has 3 aromatic rings. The highest BCUT2D eigenvalue weighted by Gasteiger charge is 2.07. The number of rotatable bonds is 7. The SMILES string of the molecule is CC(C)CCNC(=O)c1cccc(Nc2ccc(-c3ccccc3)nn2)c1. The summed E-state index contributed by atoms with van der Waals surface area (Å²) in [6.45, 7) is 4.96. The summed E-state index contributed by atoms with van der Waals surface area (Å²) in [6, 6.07) is 21.1. The minimum Gasteiger partial charge on any atom is -0.352 e. The number of benzene rings is 2. The normalized spacial score (nSPS) is 10.6. The van der Waals surface area contributed by atoms with Crippen LogP contribution in [0.15, 0.2) is 66.7 Å². The van der Waals surface area contributed by atoms with E-state index in [0.717, 1.165) is 23.4 Å². The Morgan fingerprint density at radius 3 is 2.48 bits per heavy atom. The lowest BCUT2D eigenvalue weighted by atomic mass is 10.1. The standard InChI is InChI=1S/C22H24N4O/c1-16(2)13-14-23-22(27)18-9-6-10-19(15-18)24-21-12-11-20(25-26-21)17-7-4-3-5-8-17/h3-12,15-16H,13-14H2,1-2H3,(H,23,27)(H,24,26). The van der Waals surface area contributed by atoms with E-state index in [-0.39, 0.29) is 5.91 Å². The fourth-order valence-corrected chi connectivity index (χ4v) is 2.62. The van der Waals surface area contributed by atoms with Crippen molar-refractivity contribution in [2.24, 2.45) is 5.92 Å². The number of amides is 1. The molecule has 0 aliphatic rings. The quantitative estimate of drug-likeness (QED) is 0.643. The van der Waals surface area contributed by atoms with Gasteiger partial charge in [-0.3, -0.25) is 4.79 Å². The maximum atomic E-state index is 12.3. The largest absolute Gasteiger partial charge is 0.352 e. The van der Waals surface area contributed by atoms with Gasteiger partial charge in [0.25, 0.3) is 5.91 Å². The fraction of sp³-hybridized carbons (Fsp3) is 0.227. The van der Waals surface area contributed by atoms with Crippen LogP contribution in [-0.2, 0) is 0 Å². The van der Waals surface area contributed by atoms with Crippen LogP contribution in [-0.4, -0.2) is 22.6 Å². The molecule has 0 bridgehead atoms. The van der Waals surface area contributed by atoms with Gasteiger partial charge >= 0.3 is 0 Å². The summed E-state index contributed by atoms with van der Waals surface area (Å²) in [7, 11) is 0. The topological polar surface area (TPSA) is 66.9 Å². The molecule has 0 aliphatic carbocycles. The zero-order valence-electron chi connectivity index (χ0n) is 15.6. The minimum atomic E-state index is -0.0650. The maximum absolute atomic E-state index is 12.3. The molecule has 0 unspecified atom stereocenters. The second-order valence-corrected chi connectivity index (χ2v) is 6.81. The Kier molecular flexibility index (Phi) is 6.15. The number of carbonyl (C=O) groups is 1. The van der Waals surface area contributed by atoms with Crippen molar-refractivity contribution >= 4 is 17.4 Å². The monoisotopic (exact) mass is 360 g/mol. The second-order valence-electron chi connectivity index (χ2n) is 6.81. The third-order valence-corrected chi connectivity index (χ3v) is 4.14. The molecule has 0 fully saturated rings. The van der Waals surface area contributed by atoms with E-state index in [1.807, 2.05) is 60.7 Å². The molecule has 1 amide bonds. The minimum absolute atomic E-state index is 0.0650. The third kappa shape index (κ3) is 5.38. The van der Waals surface area contributed by atoms with Gasteiger partial charge in [0.2, 0.25) is 0 Å². The molecule has 3 rings (SSSR count). The van der Waals surface area contributed by atoms with Crippen molar-refractivity contribution in [1.29, 1.82) is 0 Å².